The second-order valence-electron chi connectivity index (χ2n) is 10.5. The lowest BCUT2D eigenvalue weighted by atomic mass is 9.81. The first-order valence-electron chi connectivity index (χ1n) is 12.6. The van der Waals surface area contributed by atoms with Gasteiger partial charge in [0.05, 0.1) is 17.8 Å². The zero-order valence-electron chi connectivity index (χ0n) is 20.7. The van der Waals surface area contributed by atoms with Gasteiger partial charge in [-0.05, 0) is 79.5 Å². The van der Waals surface area contributed by atoms with Gasteiger partial charge in [-0.15, -0.1) is 0 Å². The van der Waals surface area contributed by atoms with Crippen molar-refractivity contribution in [1.29, 1.82) is 5.26 Å². The molecule has 0 radical (unpaired) electrons. The number of hydrogen-bond acceptors (Lipinski definition) is 7. The Kier molecular flexibility index (Phi) is 7.62. The second-order valence-corrected chi connectivity index (χ2v) is 12.5. The molecule has 3 aliphatic rings. The highest BCUT2D eigenvalue weighted by atomic mass is 127. The molecule has 2 amide bonds. The highest BCUT2D eigenvalue weighted by Crippen LogP contribution is 2.51. The Balaban J connectivity index is 1.24. The second kappa shape index (κ2) is 10.6. The normalized spacial score (nSPS) is 26.5. The third-order valence-electron chi connectivity index (χ3n) is 8.08. The van der Waals surface area contributed by atoms with Crippen LogP contribution >= 0.6 is 28.4 Å². The van der Waals surface area contributed by atoms with Crippen LogP contribution in [0.4, 0.5) is 13.2 Å². The Morgan fingerprint density at radius 1 is 1.18 bits per heavy atom. The van der Waals surface area contributed by atoms with E-state index in [9.17, 15) is 27.9 Å². The first-order valence-corrected chi connectivity index (χ1v) is 16.7. The van der Waals surface area contributed by atoms with Crippen molar-refractivity contribution < 1.29 is 27.9 Å². The number of piperidine rings is 1. The van der Waals surface area contributed by atoms with Crippen LogP contribution in [0.3, 0.4) is 0 Å². The van der Waals surface area contributed by atoms with Crippen LogP contribution in [-0.2, 0) is 4.79 Å². The quantitative estimate of drug-likeness (QED) is 0.364. The summed E-state index contributed by atoms with van der Waals surface area (Å²) in [4.78, 5) is 36.5. The van der Waals surface area contributed by atoms with Gasteiger partial charge in [-0.25, -0.2) is 14.4 Å². The van der Waals surface area contributed by atoms with Gasteiger partial charge in [0.25, 0.3) is 5.91 Å². The molecule has 3 fully saturated rings. The molecule has 2 atom stereocenters. The van der Waals surface area contributed by atoms with E-state index < -0.39 is 36.2 Å². The smallest absolute Gasteiger partial charge is 0.380 e. The van der Waals surface area contributed by atoms with Gasteiger partial charge in [-0.3, -0.25) is 9.59 Å². The lowest BCUT2D eigenvalue weighted by molar-refractivity contribution is -0.270. The molecule has 10 nitrogen and oxygen atoms in total. The average Bonchev–Trinajstić information content (AvgIpc) is 3.53. The maximum Gasteiger partial charge on any atom is 0.417 e. The summed E-state index contributed by atoms with van der Waals surface area (Å²) in [6, 6.07) is 4.78. The van der Waals surface area contributed by atoms with Gasteiger partial charge in [-0.1, -0.05) is 0 Å². The number of nitriles is 1. The van der Waals surface area contributed by atoms with Crippen LogP contribution in [0.25, 0.3) is 11.4 Å². The van der Waals surface area contributed by atoms with Gasteiger partial charge in [-0.2, -0.15) is 23.5 Å². The molecular formula is C24H26F3IN7O3P. The zero-order valence-corrected chi connectivity index (χ0v) is 23.9. The predicted molar refractivity (Wildman–Crippen MR) is 143 cm³/mol. The number of carbonyl (C=O) groups is 2. The molecule has 2 unspecified atom stereocenters. The van der Waals surface area contributed by atoms with Crippen molar-refractivity contribution in [2.45, 2.75) is 74.7 Å². The van der Waals surface area contributed by atoms with E-state index in [1.165, 1.54) is 6.33 Å². The van der Waals surface area contributed by atoms with E-state index in [1.807, 2.05) is 6.07 Å². The van der Waals surface area contributed by atoms with Crippen LogP contribution in [-0.4, -0.2) is 71.2 Å². The van der Waals surface area contributed by atoms with Crippen molar-refractivity contribution in [2.24, 2.45) is 5.92 Å². The molecule has 3 heterocycles. The van der Waals surface area contributed by atoms with E-state index in [1.54, 1.807) is 21.5 Å². The highest BCUT2D eigenvalue weighted by Gasteiger charge is 2.56. The van der Waals surface area contributed by atoms with E-state index in [0.29, 0.717) is 30.8 Å². The number of nitrogens with one attached hydrogen (secondary N) is 1. The van der Waals surface area contributed by atoms with E-state index >= 15 is 0 Å². The molecule has 1 aliphatic heterocycles. The first kappa shape index (κ1) is 28.2. The molecule has 0 bridgehead atoms. The fourth-order valence-corrected chi connectivity index (χ4v) is 7.14. The summed E-state index contributed by atoms with van der Waals surface area (Å²) in [5.74, 6) is -0.769. The number of likely N-dealkylation sites (tertiary alicyclic amines) is 1. The Morgan fingerprint density at radius 3 is 2.51 bits per heavy atom. The maximum atomic E-state index is 13.6. The minimum Gasteiger partial charge on any atom is -0.380 e. The number of halogens is 4. The first-order chi connectivity index (χ1) is 18.5. The molecule has 5 rings (SSSR count). The van der Waals surface area contributed by atoms with Crippen LogP contribution in [0, 0.1) is 17.2 Å². The lowest BCUT2D eigenvalue weighted by Crippen LogP contribution is -2.54. The Morgan fingerprint density at radius 2 is 1.90 bits per heavy atom. The predicted octanol–water partition coefficient (Wildman–Crippen LogP) is 3.74. The summed E-state index contributed by atoms with van der Waals surface area (Å²) >= 11 is 2.15. The Labute approximate surface area is 237 Å². The standard InChI is InChI=1S/C24H26F3IN7O3P/c25-24(26,27)23(38)4-1-15(2-5-23)32-20(36)14-3-8-34(22(11-14)6-7-22)21(37)18-10-19(35(33-18)39-28)17-9-16(12-29)30-13-31-17/h9-10,13-15,38-39H,1-8,11H2,(H,32,36). The lowest BCUT2D eigenvalue weighted by Gasteiger charge is -2.41. The highest BCUT2D eigenvalue weighted by molar-refractivity contribution is 14.2. The molecule has 39 heavy (non-hydrogen) atoms. The third-order valence-corrected chi connectivity index (χ3v) is 9.95. The monoisotopic (exact) mass is 675 g/mol. The van der Waals surface area contributed by atoms with Crippen molar-refractivity contribution in [2.75, 3.05) is 6.54 Å². The number of carbonyl (C=O) groups excluding carboxylic acids is 2. The number of alkyl halides is 3. The molecule has 1 spiro atoms. The van der Waals surface area contributed by atoms with Crippen molar-refractivity contribution in [3.8, 4) is 17.5 Å². The van der Waals surface area contributed by atoms with Gasteiger partial charge in [0.15, 0.2) is 11.3 Å². The van der Waals surface area contributed by atoms with Crippen LogP contribution in [0.5, 0.6) is 0 Å². The Bertz CT molecular complexity index is 1320. The number of nitrogens with zero attached hydrogens (tertiary/aromatic N) is 6. The summed E-state index contributed by atoms with van der Waals surface area (Å²) in [6.45, 7) is 0.371. The topological polar surface area (TPSA) is 137 Å². The van der Waals surface area contributed by atoms with E-state index in [4.69, 9.17) is 5.26 Å². The van der Waals surface area contributed by atoms with E-state index in [0.717, 1.165) is 12.8 Å². The molecule has 2 N–H and O–H groups in total. The Hall–Kier alpha value is -2.37. The number of amides is 2. The molecule has 2 aromatic heterocycles. The molecule has 15 heteroatoms. The number of rotatable bonds is 5. The largest absolute Gasteiger partial charge is 0.417 e. The summed E-state index contributed by atoms with van der Waals surface area (Å²) in [5, 5.41) is 26.4. The molecular weight excluding hydrogens is 649 g/mol. The molecule has 0 aromatic carbocycles. The summed E-state index contributed by atoms with van der Waals surface area (Å²) in [7, 11) is 0. The van der Waals surface area contributed by atoms with Crippen molar-refractivity contribution in [1.82, 2.24) is 29.7 Å². The van der Waals surface area contributed by atoms with Crippen LogP contribution < -0.4 is 5.32 Å². The molecule has 2 saturated carbocycles. The SMILES string of the molecule is N#Cc1cc(-c2cc(C(=O)N3CCC(C(=O)NC4CCC(O)(C(F)(F)F)CC4)CC34CC4)nn2PI)ncn1. The summed E-state index contributed by atoms with van der Waals surface area (Å²) in [5.41, 5.74) is -1.55. The molecule has 208 valence electrons. The van der Waals surface area contributed by atoms with Crippen LogP contribution in [0.15, 0.2) is 18.5 Å². The number of hydrogen-bond donors (Lipinski definition) is 2. The van der Waals surface area contributed by atoms with Gasteiger partial charge >= 0.3 is 6.18 Å². The fourth-order valence-electron chi connectivity index (χ4n) is 5.62. The van der Waals surface area contributed by atoms with Crippen molar-refractivity contribution in [3.63, 3.8) is 0 Å². The molecule has 2 aliphatic carbocycles. The van der Waals surface area contributed by atoms with Gasteiger partial charge in [0, 0.05) is 30.1 Å². The van der Waals surface area contributed by atoms with Crippen LogP contribution in [0.1, 0.15) is 67.5 Å². The minimum absolute atomic E-state index is 0.0644. The van der Waals surface area contributed by atoms with Gasteiger partial charge in [0.2, 0.25) is 5.91 Å². The fraction of sp³-hybridized carbons (Fsp3) is 0.583. The van der Waals surface area contributed by atoms with E-state index in [-0.39, 0.29) is 48.3 Å². The average molecular weight is 675 g/mol. The minimum atomic E-state index is -4.68. The summed E-state index contributed by atoms with van der Waals surface area (Å²) in [6.07, 6.45) is -1.46. The summed E-state index contributed by atoms with van der Waals surface area (Å²) < 4.78 is 40.9. The third kappa shape index (κ3) is 5.50. The van der Waals surface area contributed by atoms with Gasteiger partial charge in [0.1, 0.15) is 18.1 Å². The van der Waals surface area contributed by atoms with Crippen molar-refractivity contribution in [3.05, 3.63) is 29.8 Å². The molecule has 1 saturated heterocycles. The zero-order chi connectivity index (χ0) is 28.0. The van der Waals surface area contributed by atoms with Crippen LogP contribution in [0.2, 0.25) is 0 Å². The van der Waals surface area contributed by atoms with Crippen molar-refractivity contribution >= 4 is 40.2 Å². The van der Waals surface area contributed by atoms with Gasteiger partial charge < -0.3 is 15.3 Å². The number of aliphatic hydroxyl groups is 1. The number of aromatic nitrogens is 4. The maximum absolute atomic E-state index is 13.6. The molecule has 2 aromatic rings. The van der Waals surface area contributed by atoms with E-state index in [2.05, 4.69) is 42.4 Å².